The summed E-state index contributed by atoms with van der Waals surface area (Å²) in [6.07, 6.45) is 2.60. The van der Waals surface area contributed by atoms with Crippen LogP contribution >= 0.6 is 0 Å². The highest BCUT2D eigenvalue weighted by molar-refractivity contribution is 7.92. The second kappa shape index (κ2) is 6.35. The van der Waals surface area contributed by atoms with Gasteiger partial charge in [-0.25, -0.2) is 8.42 Å². The maximum absolute atomic E-state index is 12.1. The Morgan fingerprint density at radius 3 is 2.59 bits per heavy atom. The molecule has 1 unspecified atom stereocenters. The minimum absolute atomic E-state index is 0.193. The van der Waals surface area contributed by atoms with Crippen LogP contribution < -0.4 is 5.32 Å². The lowest BCUT2D eigenvalue weighted by molar-refractivity contribution is 0.245. The first-order valence-electron chi connectivity index (χ1n) is 8.08. The molecule has 2 rings (SSSR count). The Balaban J connectivity index is 1.92. The van der Waals surface area contributed by atoms with Gasteiger partial charge in [0.2, 0.25) is 0 Å². The van der Waals surface area contributed by atoms with Crippen molar-refractivity contribution in [3.05, 3.63) is 0 Å². The van der Waals surface area contributed by atoms with E-state index in [2.05, 4.69) is 34.1 Å². The standard InChI is InChI=1S/C15H30N4O2S/c1-12(18(5)13-6-7-13)10-17-14(16-4)19-8-9-22(20,21)15(2,3)11-19/h12-13H,6-11H2,1-5H3,(H,16,17). The van der Waals surface area contributed by atoms with Crippen LogP contribution in [0, 0.1) is 0 Å². The number of guanidine groups is 1. The van der Waals surface area contributed by atoms with Gasteiger partial charge in [-0.3, -0.25) is 9.89 Å². The molecule has 0 radical (unpaired) electrons. The van der Waals surface area contributed by atoms with Crippen LogP contribution in [0.15, 0.2) is 4.99 Å². The highest BCUT2D eigenvalue weighted by atomic mass is 32.2. The van der Waals surface area contributed by atoms with E-state index in [4.69, 9.17) is 0 Å². The van der Waals surface area contributed by atoms with E-state index in [1.165, 1.54) is 12.8 Å². The Kier molecular flexibility index (Phi) is 5.06. The molecule has 1 heterocycles. The molecule has 0 spiro atoms. The highest BCUT2D eigenvalue weighted by Crippen LogP contribution is 2.27. The number of aliphatic imine (C=N–C) groups is 1. The molecular formula is C15H30N4O2S. The van der Waals surface area contributed by atoms with Crippen molar-refractivity contribution in [1.29, 1.82) is 0 Å². The number of likely N-dealkylation sites (N-methyl/N-ethyl adjacent to an activating group) is 1. The molecule has 1 atom stereocenters. The molecule has 2 fully saturated rings. The van der Waals surface area contributed by atoms with E-state index in [0.717, 1.165) is 18.5 Å². The van der Waals surface area contributed by atoms with Crippen molar-refractivity contribution in [2.75, 3.05) is 39.5 Å². The van der Waals surface area contributed by atoms with E-state index < -0.39 is 14.6 Å². The summed E-state index contributed by atoms with van der Waals surface area (Å²) in [7, 11) is 0.912. The lowest BCUT2D eigenvalue weighted by Crippen LogP contribution is -2.58. The van der Waals surface area contributed by atoms with Gasteiger partial charge in [0.25, 0.3) is 0 Å². The maximum atomic E-state index is 12.1. The molecule has 2 aliphatic rings. The second-order valence-electron chi connectivity index (χ2n) is 7.17. The van der Waals surface area contributed by atoms with Crippen molar-refractivity contribution in [1.82, 2.24) is 15.1 Å². The largest absolute Gasteiger partial charge is 0.355 e. The normalized spacial score (nSPS) is 26.1. The smallest absolute Gasteiger partial charge is 0.193 e. The molecule has 0 amide bonds. The number of rotatable bonds is 4. The first-order valence-corrected chi connectivity index (χ1v) is 9.73. The summed E-state index contributed by atoms with van der Waals surface area (Å²) in [5.41, 5.74) is 0. The number of nitrogens with zero attached hydrogens (tertiary/aromatic N) is 3. The van der Waals surface area contributed by atoms with Gasteiger partial charge in [-0.15, -0.1) is 0 Å². The maximum Gasteiger partial charge on any atom is 0.193 e. The monoisotopic (exact) mass is 330 g/mol. The van der Waals surface area contributed by atoms with Gasteiger partial charge in [0.1, 0.15) is 0 Å². The highest BCUT2D eigenvalue weighted by Gasteiger charge is 2.41. The average molecular weight is 330 g/mol. The first kappa shape index (κ1) is 17.5. The number of hydrogen-bond acceptors (Lipinski definition) is 4. The van der Waals surface area contributed by atoms with Crippen molar-refractivity contribution >= 4 is 15.8 Å². The quantitative estimate of drug-likeness (QED) is 0.602. The lowest BCUT2D eigenvalue weighted by atomic mass is 10.2. The first-order chi connectivity index (χ1) is 10.2. The molecule has 22 heavy (non-hydrogen) atoms. The zero-order valence-corrected chi connectivity index (χ0v) is 15.3. The third-order valence-corrected chi connectivity index (χ3v) is 7.46. The van der Waals surface area contributed by atoms with Crippen LogP contribution in [0.2, 0.25) is 0 Å². The number of nitrogens with one attached hydrogen (secondary N) is 1. The van der Waals surface area contributed by atoms with Gasteiger partial charge in [0.15, 0.2) is 15.8 Å². The third-order valence-electron chi connectivity index (χ3n) is 4.93. The molecule has 1 N–H and O–H groups in total. The van der Waals surface area contributed by atoms with Gasteiger partial charge >= 0.3 is 0 Å². The van der Waals surface area contributed by atoms with E-state index in [9.17, 15) is 8.42 Å². The van der Waals surface area contributed by atoms with Crippen molar-refractivity contribution in [3.63, 3.8) is 0 Å². The van der Waals surface area contributed by atoms with Gasteiger partial charge in [0.05, 0.1) is 10.5 Å². The molecule has 0 aromatic carbocycles. The Hall–Kier alpha value is -0.820. The molecule has 1 aliphatic heterocycles. The van der Waals surface area contributed by atoms with Crippen molar-refractivity contribution in [3.8, 4) is 0 Å². The van der Waals surface area contributed by atoms with Crippen LogP contribution in [-0.4, -0.2) is 80.5 Å². The van der Waals surface area contributed by atoms with Crippen molar-refractivity contribution < 1.29 is 8.42 Å². The van der Waals surface area contributed by atoms with Gasteiger partial charge in [-0.05, 0) is 40.7 Å². The van der Waals surface area contributed by atoms with Crippen LogP contribution in [0.3, 0.4) is 0 Å². The second-order valence-corrected chi connectivity index (χ2v) is 9.92. The molecule has 0 aromatic rings. The summed E-state index contributed by atoms with van der Waals surface area (Å²) in [6, 6.07) is 1.17. The predicted molar refractivity (Wildman–Crippen MR) is 91.0 cm³/mol. The fourth-order valence-corrected chi connectivity index (χ4v) is 4.25. The minimum Gasteiger partial charge on any atom is -0.355 e. The van der Waals surface area contributed by atoms with Crippen LogP contribution in [0.25, 0.3) is 0 Å². The molecule has 1 saturated carbocycles. The van der Waals surface area contributed by atoms with Gasteiger partial charge in [0, 0.05) is 38.8 Å². The summed E-state index contributed by atoms with van der Waals surface area (Å²) >= 11 is 0. The van der Waals surface area contributed by atoms with E-state index in [0.29, 0.717) is 19.1 Å². The Morgan fingerprint density at radius 1 is 1.45 bits per heavy atom. The van der Waals surface area contributed by atoms with Crippen LogP contribution in [-0.2, 0) is 9.84 Å². The number of sulfone groups is 1. The molecule has 0 bridgehead atoms. The van der Waals surface area contributed by atoms with Gasteiger partial charge in [-0.1, -0.05) is 0 Å². The van der Waals surface area contributed by atoms with Crippen LogP contribution in [0.5, 0.6) is 0 Å². The van der Waals surface area contributed by atoms with Crippen LogP contribution in [0.4, 0.5) is 0 Å². The van der Waals surface area contributed by atoms with E-state index >= 15 is 0 Å². The lowest BCUT2D eigenvalue weighted by Gasteiger charge is -2.39. The SMILES string of the molecule is CN=C(NCC(C)N(C)C1CC1)N1CCS(=O)(=O)C(C)(C)C1. The molecule has 7 heteroatoms. The topological polar surface area (TPSA) is 65.0 Å². The average Bonchev–Trinajstić information content (AvgIpc) is 3.26. The summed E-state index contributed by atoms with van der Waals surface area (Å²) in [4.78, 5) is 8.80. The number of hydrogen-bond donors (Lipinski definition) is 1. The molecular weight excluding hydrogens is 300 g/mol. The minimum atomic E-state index is -3.02. The Labute approximate surface area is 134 Å². The van der Waals surface area contributed by atoms with Crippen molar-refractivity contribution in [2.45, 2.75) is 50.4 Å². The summed E-state index contributed by atoms with van der Waals surface area (Å²) < 4.78 is 23.5. The van der Waals surface area contributed by atoms with Gasteiger partial charge < -0.3 is 10.2 Å². The third kappa shape index (κ3) is 3.74. The fourth-order valence-electron chi connectivity index (χ4n) is 2.88. The molecule has 1 saturated heterocycles. The van der Waals surface area contributed by atoms with Gasteiger partial charge in [-0.2, -0.15) is 0 Å². The molecule has 6 nitrogen and oxygen atoms in total. The van der Waals surface area contributed by atoms with E-state index in [-0.39, 0.29) is 5.75 Å². The van der Waals surface area contributed by atoms with Crippen LogP contribution in [0.1, 0.15) is 33.6 Å². The van der Waals surface area contributed by atoms with Crippen molar-refractivity contribution in [2.24, 2.45) is 4.99 Å². The van der Waals surface area contributed by atoms with E-state index in [1.54, 1.807) is 20.9 Å². The zero-order valence-electron chi connectivity index (χ0n) is 14.5. The van der Waals surface area contributed by atoms with E-state index in [1.807, 2.05) is 0 Å². The summed E-state index contributed by atoms with van der Waals surface area (Å²) in [6.45, 7) is 7.63. The zero-order chi connectivity index (χ0) is 16.5. The fraction of sp³-hybridized carbons (Fsp3) is 0.933. The molecule has 128 valence electrons. The predicted octanol–water partition coefficient (Wildman–Crippen LogP) is 0.554. The molecule has 1 aliphatic carbocycles. The summed E-state index contributed by atoms with van der Waals surface area (Å²) in [5, 5.41) is 3.41. The summed E-state index contributed by atoms with van der Waals surface area (Å²) in [5.74, 6) is 0.997. The Morgan fingerprint density at radius 2 is 2.09 bits per heavy atom. The molecule has 0 aromatic heterocycles. The Bertz CT molecular complexity index is 526.